The minimum absolute atomic E-state index is 0.00766. The first-order chi connectivity index (χ1) is 21.0. The molecule has 3 aromatic rings. The summed E-state index contributed by atoms with van der Waals surface area (Å²) in [6.45, 7) is 19.6. The summed E-state index contributed by atoms with van der Waals surface area (Å²) >= 11 is 0. The van der Waals surface area contributed by atoms with Crippen LogP contribution in [0.5, 0.6) is 0 Å². The first-order valence-corrected chi connectivity index (χ1v) is 15.7. The van der Waals surface area contributed by atoms with E-state index in [0.29, 0.717) is 23.5 Å². The first kappa shape index (κ1) is 32.7. The third-order valence-electron chi connectivity index (χ3n) is 8.33. The maximum absolute atomic E-state index is 13.1. The number of hydrogen-bond acceptors (Lipinski definition) is 6. The van der Waals surface area contributed by atoms with E-state index in [-0.39, 0.29) is 17.1 Å². The van der Waals surface area contributed by atoms with Gasteiger partial charge in [-0.15, -0.1) is 0 Å². The molecule has 1 fully saturated rings. The van der Waals surface area contributed by atoms with Crippen LogP contribution in [0.15, 0.2) is 78.6 Å². The molecule has 0 saturated carbocycles. The van der Waals surface area contributed by atoms with Crippen molar-refractivity contribution in [3.05, 3.63) is 101 Å². The van der Waals surface area contributed by atoms with Crippen LogP contribution in [0.25, 0.3) is 5.57 Å². The Morgan fingerprint density at radius 1 is 0.932 bits per heavy atom. The standard InChI is InChI=1S/C37H47N5O2/c1-8-27(31-12-11-13-32(26(31)4)40-36(44)28-14-16-29(17-15-28)37(5,6)7)24-33(34(43)9-2)39-35-19-18-30(25-38-35)42-22-20-41(10-3)21-23-42/h8,11-19,24-25H,9-10,20-23H2,1-7H3,(H,38,39)(H,40,44)/b27-8+,33-24+. The summed E-state index contributed by atoms with van der Waals surface area (Å²) in [5, 5.41) is 6.36. The van der Waals surface area contributed by atoms with Gasteiger partial charge < -0.3 is 20.4 Å². The van der Waals surface area contributed by atoms with E-state index in [1.165, 1.54) is 5.56 Å². The molecule has 2 N–H and O–H groups in total. The van der Waals surface area contributed by atoms with E-state index < -0.39 is 0 Å². The molecule has 1 aromatic heterocycles. The third kappa shape index (κ3) is 8.03. The zero-order valence-corrected chi connectivity index (χ0v) is 27.3. The van der Waals surface area contributed by atoms with E-state index in [0.717, 1.165) is 60.8 Å². The quantitative estimate of drug-likeness (QED) is 0.188. The number of nitrogens with zero attached hydrogens (tertiary/aromatic N) is 3. The highest BCUT2D eigenvalue weighted by Gasteiger charge is 2.18. The molecule has 232 valence electrons. The summed E-state index contributed by atoms with van der Waals surface area (Å²) in [6, 6.07) is 17.6. The molecular weight excluding hydrogens is 546 g/mol. The number of piperazine rings is 1. The molecule has 7 heteroatoms. The number of anilines is 3. The molecule has 0 radical (unpaired) electrons. The van der Waals surface area contributed by atoms with Crippen molar-refractivity contribution < 1.29 is 9.59 Å². The number of nitrogens with one attached hydrogen (secondary N) is 2. The summed E-state index contributed by atoms with van der Waals surface area (Å²) in [5.74, 6) is 0.458. The van der Waals surface area contributed by atoms with Crippen LogP contribution in [-0.2, 0) is 10.2 Å². The Hall–Kier alpha value is -4.23. The van der Waals surface area contributed by atoms with Gasteiger partial charge in [0, 0.05) is 43.9 Å². The lowest BCUT2D eigenvalue weighted by Gasteiger charge is -2.35. The van der Waals surface area contributed by atoms with E-state index in [1.54, 1.807) is 0 Å². The van der Waals surface area contributed by atoms with Gasteiger partial charge >= 0.3 is 0 Å². The molecule has 1 aliphatic heterocycles. The molecule has 0 unspecified atom stereocenters. The molecule has 1 aliphatic rings. The van der Waals surface area contributed by atoms with E-state index in [1.807, 2.05) is 87.7 Å². The Morgan fingerprint density at radius 3 is 2.20 bits per heavy atom. The van der Waals surface area contributed by atoms with Crippen LogP contribution in [0.4, 0.5) is 17.2 Å². The fraction of sp³-hybridized carbons (Fsp3) is 0.378. The fourth-order valence-electron chi connectivity index (χ4n) is 5.36. The molecule has 1 saturated heterocycles. The molecule has 2 aromatic carbocycles. The number of carbonyl (C=O) groups excluding carboxylic acids is 2. The minimum Gasteiger partial charge on any atom is -0.368 e. The highest BCUT2D eigenvalue weighted by molar-refractivity contribution is 6.05. The predicted octanol–water partition coefficient (Wildman–Crippen LogP) is 7.46. The number of aromatic nitrogens is 1. The van der Waals surface area contributed by atoms with Crippen LogP contribution < -0.4 is 15.5 Å². The molecule has 0 aliphatic carbocycles. The lowest BCUT2D eigenvalue weighted by atomic mass is 9.86. The van der Waals surface area contributed by atoms with Gasteiger partial charge in [0.15, 0.2) is 5.78 Å². The topological polar surface area (TPSA) is 77.6 Å². The maximum atomic E-state index is 13.1. The number of allylic oxidation sites excluding steroid dienone is 4. The van der Waals surface area contributed by atoms with Crippen LogP contribution in [-0.4, -0.2) is 54.3 Å². The molecule has 0 spiro atoms. The van der Waals surface area contributed by atoms with Crippen molar-refractivity contribution in [3.63, 3.8) is 0 Å². The average Bonchev–Trinajstić information content (AvgIpc) is 3.03. The Balaban J connectivity index is 1.52. The highest BCUT2D eigenvalue weighted by Crippen LogP contribution is 2.29. The van der Waals surface area contributed by atoms with Crippen LogP contribution >= 0.6 is 0 Å². The van der Waals surface area contributed by atoms with Gasteiger partial charge in [-0.2, -0.15) is 0 Å². The summed E-state index contributed by atoms with van der Waals surface area (Å²) in [6.07, 6.45) is 6.10. The van der Waals surface area contributed by atoms with E-state index in [9.17, 15) is 9.59 Å². The van der Waals surface area contributed by atoms with Crippen molar-refractivity contribution in [2.75, 3.05) is 48.3 Å². The minimum atomic E-state index is -0.159. The number of amides is 1. The molecule has 0 bridgehead atoms. The second kappa shape index (κ2) is 14.5. The Morgan fingerprint density at radius 2 is 1.64 bits per heavy atom. The molecule has 0 atom stereocenters. The monoisotopic (exact) mass is 593 g/mol. The van der Waals surface area contributed by atoms with E-state index in [4.69, 9.17) is 0 Å². The van der Waals surface area contributed by atoms with E-state index >= 15 is 0 Å². The molecular formula is C37H47N5O2. The van der Waals surface area contributed by atoms with Crippen molar-refractivity contribution in [1.29, 1.82) is 0 Å². The van der Waals surface area contributed by atoms with Gasteiger partial charge in [0.2, 0.25) is 0 Å². The zero-order chi connectivity index (χ0) is 31.9. The predicted molar refractivity (Wildman–Crippen MR) is 183 cm³/mol. The van der Waals surface area contributed by atoms with Crippen molar-refractivity contribution >= 4 is 34.5 Å². The van der Waals surface area contributed by atoms with Crippen LogP contribution in [0, 0.1) is 6.92 Å². The van der Waals surface area contributed by atoms with Crippen LogP contribution in [0.3, 0.4) is 0 Å². The number of likely N-dealkylation sites (N-methyl/N-ethyl adjacent to an activating group) is 1. The lowest BCUT2D eigenvalue weighted by Crippen LogP contribution is -2.46. The third-order valence-corrected chi connectivity index (χ3v) is 8.33. The van der Waals surface area contributed by atoms with Crippen molar-refractivity contribution in [3.8, 4) is 0 Å². The van der Waals surface area contributed by atoms with Gasteiger partial charge in [0.05, 0.1) is 17.6 Å². The van der Waals surface area contributed by atoms with Gasteiger partial charge in [-0.25, -0.2) is 4.98 Å². The normalized spacial score (nSPS) is 14.8. The van der Waals surface area contributed by atoms with E-state index in [2.05, 4.69) is 59.2 Å². The molecule has 7 nitrogen and oxygen atoms in total. The number of rotatable bonds is 10. The van der Waals surface area contributed by atoms with Gasteiger partial charge in [-0.1, -0.05) is 65.0 Å². The molecule has 2 heterocycles. The Kier molecular flexibility index (Phi) is 10.8. The van der Waals surface area contributed by atoms with Gasteiger partial charge in [0.25, 0.3) is 5.91 Å². The van der Waals surface area contributed by atoms with Crippen LogP contribution in [0.2, 0.25) is 0 Å². The summed E-state index contributed by atoms with van der Waals surface area (Å²) in [7, 11) is 0. The average molecular weight is 594 g/mol. The Labute approximate surface area is 263 Å². The first-order valence-electron chi connectivity index (χ1n) is 15.7. The number of pyridine rings is 1. The number of ketones is 1. The van der Waals surface area contributed by atoms with Crippen molar-refractivity contribution in [2.24, 2.45) is 0 Å². The molecule has 4 rings (SSSR count). The summed E-state index contributed by atoms with van der Waals surface area (Å²) < 4.78 is 0. The number of hydrogen-bond donors (Lipinski definition) is 2. The number of benzene rings is 2. The summed E-state index contributed by atoms with van der Waals surface area (Å²) in [5.41, 5.74) is 6.84. The Bertz CT molecular complexity index is 1510. The second-order valence-corrected chi connectivity index (χ2v) is 12.3. The maximum Gasteiger partial charge on any atom is 0.255 e. The zero-order valence-electron chi connectivity index (χ0n) is 27.3. The largest absolute Gasteiger partial charge is 0.368 e. The van der Waals surface area contributed by atoms with Gasteiger partial charge in [0.1, 0.15) is 5.82 Å². The summed E-state index contributed by atoms with van der Waals surface area (Å²) in [4.78, 5) is 35.6. The van der Waals surface area contributed by atoms with Crippen molar-refractivity contribution in [1.82, 2.24) is 9.88 Å². The smallest absolute Gasteiger partial charge is 0.255 e. The second-order valence-electron chi connectivity index (χ2n) is 12.3. The number of carbonyl (C=O) groups is 2. The molecule has 1 amide bonds. The molecule has 44 heavy (non-hydrogen) atoms. The number of Topliss-reactive ketones (excluding diaryl/α,β-unsaturated/α-hetero) is 1. The highest BCUT2D eigenvalue weighted by atomic mass is 16.1. The fourth-order valence-corrected chi connectivity index (χ4v) is 5.36. The van der Waals surface area contributed by atoms with Gasteiger partial charge in [-0.05, 0) is 84.5 Å². The SMILES string of the molecule is C/C=C(\C=C(\Nc1ccc(N2CCN(CC)CC2)cn1)C(=O)CC)c1cccc(NC(=O)c2ccc(C(C)(C)C)cc2)c1C. The lowest BCUT2D eigenvalue weighted by molar-refractivity contribution is -0.115. The van der Waals surface area contributed by atoms with Crippen LogP contribution in [0.1, 0.15) is 75.0 Å². The van der Waals surface area contributed by atoms with Crippen molar-refractivity contribution in [2.45, 2.75) is 60.3 Å². The van der Waals surface area contributed by atoms with Gasteiger partial charge in [-0.3, -0.25) is 9.59 Å².